The molecular formula is C18H22N2O3. The van der Waals surface area contributed by atoms with Crippen molar-refractivity contribution in [2.24, 2.45) is 0 Å². The highest BCUT2D eigenvalue weighted by Crippen LogP contribution is 2.24. The quantitative estimate of drug-likeness (QED) is 0.734. The van der Waals surface area contributed by atoms with Crippen molar-refractivity contribution in [3.63, 3.8) is 0 Å². The van der Waals surface area contributed by atoms with Crippen LogP contribution in [-0.2, 0) is 0 Å². The molecular weight excluding hydrogens is 292 g/mol. The molecule has 0 aliphatic heterocycles. The molecule has 0 radical (unpaired) electrons. The molecule has 0 aromatic heterocycles. The highest BCUT2D eigenvalue weighted by Gasteiger charge is 2.15. The Kier molecular flexibility index (Phi) is 6.44. The Morgan fingerprint density at radius 2 is 1.83 bits per heavy atom. The average molecular weight is 314 g/mol. The Bertz CT molecular complexity index is 617. The summed E-state index contributed by atoms with van der Waals surface area (Å²) in [5.41, 5.74) is 1.57. The highest BCUT2D eigenvalue weighted by atomic mass is 16.5. The second-order valence-electron chi connectivity index (χ2n) is 5.00. The van der Waals surface area contributed by atoms with Crippen LogP contribution in [-0.4, -0.2) is 24.4 Å². The van der Waals surface area contributed by atoms with E-state index in [9.17, 15) is 9.90 Å². The van der Waals surface area contributed by atoms with E-state index in [1.165, 1.54) is 0 Å². The van der Waals surface area contributed by atoms with Crippen molar-refractivity contribution in [3.05, 3.63) is 60.2 Å². The zero-order chi connectivity index (χ0) is 16.5. The van der Waals surface area contributed by atoms with Gasteiger partial charge in [0.05, 0.1) is 18.3 Å². The van der Waals surface area contributed by atoms with Crippen molar-refractivity contribution >= 4 is 11.7 Å². The number of para-hydroxylation sites is 2. The Balaban J connectivity index is 2.05. The van der Waals surface area contributed by atoms with E-state index in [0.29, 0.717) is 24.5 Å². The molecule has 0 fully saturated rings. The number of carbonyl (C=O) groups excluding carboxylic acids is 1. The van der Waals surface area contributed by atoms with Gasteiger partial charge in [-0.3, -0.25) is 0 Å². The maximum Gasteiger partial charge on any atom is 0.319 e. The fraction of sp³-hybridized carbons (Fsp3) is 0.278. The third kappa shape index (κ3) is 5.00. The fourth-order valence-corrected chi connectivity index (χ4v) is 2.30. The summed E-state index contributed by atoms with van der Waals surface area (Å²) in [5.74, 6) is 0.628. The molecule has 0 bridgehead atoms. The number of aliphatic hydroxyl groups is 1. The predicted molar refractivity (Wildman–Crippen MR) is 90.7 cm³/mol. The van der Waals surface area contributed by atoms with Gasteiger partial charge in [-0.25, -0.2) is 4.79 Å². The summed E-state index contributed by atoms with van der Waals surface area (Å²) in [6.07, 6.45) is 0.449. The Morgan fingerprint density at radius 1 is 1.13 bits per heavy atom. The number of rotatable bonds is 7. The van der Waals surface area contributed by atoms with Crippen LogP contribution in [0.15, 0.2) is 54.6 Å². The molecule has 0 saturated carbocycles. The zero-order valence-electron chi connectivity index (χ0n) is 13.2. The van der Waals surface area contributed by atoms with Gasteiger partial charge < -0.3 is 20.5 Å². The predicted octanol–water partition coefficient (Wildman–Crippen LogP) is 3.33. The monoisotopic (exact) mass is 314 g/mol. The first-order chi connectivity index (χ1) is 11.2. The van der Waals surface area contributed by atoms with Crippen LogP contribution in [0.3, 0.4) is 0 Å². The molecule has 0 unspecified atom stereocenters. The summed E-state index contributed by atoms with van der Waals surface area (Å²) in [5, 5.41) is 14.9. The summed E-state index contributed by atoms with van der Waals surface area (Å²) in [6, 6.07) is 16.3. The molecule has 0 aliphatic rings. The number of carbonyl (C=O) groups is 1. The van der Waals surface area contributed by atoms with Gasteiger partial charge in [-0.05, 0) is 31.0 Å². The van der Waals surface area contributed by atoms with E-state index in [4.69, 9.17) is 4.74 Å². The molecule has 5 nitrogen and oxygen atoms in total. The van der Waals surface area contributed by atoms with Crippen LogP contribution in [0.25, 0.3) is 0 Å². The molecule has 2 aromatic carbocycles. The van der Waals surface area contributed by atoms with Crippen molar-refractivity contribution in [3.8, 4) is 5.75 Å². The molecule has 2 amide bonds. The van der Waals surface area contributed by atoms with Crippen LogP contribution in [0.1, 0.15) is 24.9 Å². The van der Waals surface area contributed by atoms with Crippen LogP contribution in [0.4, 0.5) is 10.5 Å². The number of aliphatic hydroxyl groups excluding tert-OH is 1. The second kappa shape index (κ2) is 8.80. The largest absolute Gasteiger partial charge is 0.492 e. The van der Waals surface area contributed by atoms with Gasteiger partial charge in [0.1, 0.15) is 5.75 Å². The molecule has 5 heteroatoms. The fourth-order valence-electron chi connectivity index (χ4n) is 2.30. The molecule has 0 heterocycles. The van der Waals surface area contributed by atoms with Gasteiger partial charge in [-0.15, -0.1) is 0 Å². The third-order valence-corrected chi connectivity index (χ3v) is 3.36. The van der Waals surface area contributed by atoms with Gasteiger partial charge in [0.25, 0.3) is 0 Å². The van der Waals surface area contributed by atoms with Crippen molar-refractivity contribution in [1.82, 2.24) is 5.32 Å². The van der Waals surface area contributed by atoms with Crippen molar-refractivity contribution < 1.29 is 14.6 Å². The molecule has 0 saturated heterocycles. The van der Waals surface area contributed by atoms with E-state index in [0.717, 1.165) is 5.56 Å². The van der Waals surface area contributed by atoms with Gasteiger partial charge in [0, 0.05) is 6.61 Å². The number of nitrogens with one attached hydrogen (secondary N) is 2. The van der Waals surface area contributed by atoms with E-state index < -0.39 is 0 Å². The number of anilines is 1. The Hall–Kier alpha value is -2.53. The van der Waals surface area contributed by atoms with Gasteiger partial charge in [-0.2, -0.15) is 0 Å². The van der Waals surface area contributed by atoms with E-state index >= 15 is 0 Å². The van der Waals surface area contributed by atoms with Gasteiger partial charge in [0.15, 0.2) is 0 Å². The van der Waals surface area contributed by atoms with Gasteiger partial charge in [-0.1, -0.05) is 42.5 Å². The lowest BCUT2D eigenvalue weighted by molar-refractivity contribution is 0.239. The summed E-state index contributed by atoms with van der Waals surface area (Å²) >= 11 is 0. The van der Waals surface area contributed by atoms with Crippen molar-refractivity contribution in [2.75, 3.05) is 18.5 Å². The summed E-state index contributed by atoms with van der Waals surface area (Å²) in [4.78, 5) is 12.3. The molecule has 2 rings (SSSR count). The number of hydrogen-bond donors (Lipinski definition) is 3. The van der Waals surface area contributed by atoms with Gasteiger partial charge >= 0.3 is 6.03 Å². The minimum atomic E-state index is -0.334. The molecule has 23 heavy (non-hydrogen) atoms. The molecule has 0 spiro atoms. The normalized spacial score (nSPS) is 11.6. The number of hydrogen-bond acceptors (Lipinski definition) is 3. The number of urea groups is 1. The maximum atomic E-state index is 12.3. The molecule has 122 valence electrons. The Morgan fingerprint density at radius 3 is 2.52 bits per heavy atom. The third-order valence-electron chi connectivity index (χ3n) is 3.36. The SMILES string of the molecule is CCOc1ccccc1NC(=O)N[C@H](CCO)c1ccccc1. The topological polar surface area (TPSA) is 70.6 Å². The first-order valence-corrected chi connectivity index (χ1v) is 7.69. The minimum absolute atomic E-state index is 0.00459. The Labute approximate surface area is 136 Å². The van der Waals surface area contributed by atoms with Crippen LogP contribution >= 0.6 is 0 Å². The minimum Gasteiger partial charge on any atom is -0.492 e. The van der Waals surface area contributed by atoms with Gasteiger partial charge in [0.2, 0.25) is 0 Å². The van der Waals surface area contributed by atoms with Crippen LogP contribution < -0.4 is 15.4 Å². The molecule has 0 aliphatic carbocycles. The maximum absolute atomic E-state index is 12.3. The average Bonchev–Trinajstić information content (AvgIpc) is 2.57. The lowest BCUT2D eigenvalue weighted by Gasteiger charge is -2.19. The lowest BCUT2D eigenvalue weighted by atomic mass is 10.0. The first-order valence-electron chi connectivity index (χ1n) is 7.69. The lowest BCUT2D eigenvalue weighted by Crippen LogP contribution is -2.33. The van der Waals surface area contributed by atoms with Crippen LogP contribution in [0.2, 0.25) is 0 Å². The highest BCUT2D eigenvalue weighted by molar-refractivity contribution is 5.91. The zero-order valence-corrected chi connectivity index (χ0v) is 13.2. The van der Waals surface area contributed by atoms with Crippen LogP contribution in [0.5, 0.6) is 5.75 Å². The number of benzene rings is 2. The smallest absolute Gasteiger partial charge is 0.319 e. The second-order valence-corrected chi connectivity index (χ2v) is 5.00. The van der Waals surface area contributed by atoms with E-state index in [1.807, 2.05) is 55.5 Å². The number of amides is 2. The summed E-state index contributed by atoms with van der Waals surface area (Å²) in [6.45, 7) is 2.41. The first kappa shape index (κ1) is 16.8. The number of ether oxygens (including phenoxy) is 1. The standard InChI is InChI=1S/C18H22N2O3/c1-2-23-17-11-7-6-10-16(17)20-18(22)19-15(12-13-21)14-8-4-3-5-9-14/h3-11,15,21H,2,12-13H2,1H3,(H2,19,20,22)/t15-/m1/s1. The van der Waals surface area contributed by atoms with E-state index in [1.54, 1.807) is 6.07 Å². The van der Waals surface area contributed by atoms with E-state index in [-0.39, 0.29) is 18.7 Å². The van der Waals surface area contributed by atoms with E-state index in [2.05, 4.69) is 10.6 Å². The van der Waals surface area contributed by atoms with Crippen molar-refractivity contribution in [2.45, 2.75) is 19.4 Å². The molecule has 1 atom stereocenters. The summed E-state index contributed by atoms with van der Waals surface area (Å²) in [7, 11) is 0. The van der Waals surface area contributed by atoms with Crippen molar-refractivity contribution in [1.29, 1.82) is 0 Å². The molecule has 2 aromatic rings. The molecule has 3 N–H and O–H groups in total. The summed E-state index contributed by atoms with van der Waals surface area (Å²) < 4.78 is 5.49. The van der Waals surface area contributed by atoms with Crippen LogP contribution in [0, 0.1) is 0 Å².